The number of carbonyl (C=O) groups is 1. The van der Waals surface area contributed by atoms with Gasteiger partial charge in [-0.05, 0) is 23.8 Å². The molecule has 3 heterocycles. The predicted octanol–water partition coefficient (Wildman–Crippen LogP) is 3.71. The van der Waals surface area contributed by atoms with E-state index in [1.807, 2.05) is 68.8 Å². The zero-order valence-corrected chi connectivity index (χ0v) is 16.9. The summed E-state index contributed by atoms with van der Waals surface area (Å²) in [5.74, 6) is 0.870. The predicted molar refractivity (Wildman–Crippen MR) is 115 cm³/mol. The first-order valence-electron chi connectivity index (χ1n) is 9.97. The Morgan fingerprint density at radius 1 is 1.20 bits per heavy atom. The molecule has 0 spiro atoms. The number of rotatable bonds is 4. The smallest absolute Gasteiger partial charge is 0.254 e. The van der Waals surface area contributed by atoms with Crippen LogP contribution in [0.5, 0.6) is 5.75 Å². The molecule has 0 N–H and O–H groups in total. The Kier molecular flexibility index (Phi) is 4.47. The Hall–Kier alpha value is -3.67. The third kappa shape index (κ3) is 3.30. The summed E-state index contributed by atoms with van der Waals surface area (Å²) >= 11 is 0. The SMILES string of the molecule is CN(CC1Cc2ccccc2O1)C(=O)c1cc(-c2cnn(C)c2)nc2ccccc12. The molecule has 1 aliphatic heterocycles. The molecule has 0 saturated carbocycles. The Morgan fingerprint density at radius 2 is 2.00 bits per heavy atom. The second kappa shape index (κ2) is 7.30. The number of likely N-dealkylation sites (N-methyl/N-ethyl adjacent to an activating group) is 1. The number of hydrogen-bond acceptors (Lipinski definition) is 4. The fourth-order valence-corrected chi connectivity index (χ4v) is 4.00. The van der Waals surface area contributed by atoms with E-state index in [0.29, 0.717) is 12.1 Å². The van der Waals surface area contributed by atoms with Crippen LogP contribution >= 0.6 is 0 Å². The minimum absolute atomic E-state index is 0.0396. The average Bonchev–Trinajstić information content (AvgIpc) is 3.37. The third-order valence-electron chi connectivity index (χ3n) is 5.49. The summed E-state index contributed by atoms with van der Waals surface area (Å²) in [6.07, 6.45) is 4.44. The molecular weight excluding hydrogens is 376 g/mol. The Morgan fingerprint density at radius 3 is 2.80 bits per heavy atom. The van der Waals surface area contributed by atoms with Gasteiger partial charge in [0.05, 0.1) is 29.5 Å². The Balaban J connectivity index is 1.45. The summed E-state index contributed by atoms with van der Waals surface area (Å²) in [6.45, 7) is 0.520. The number of nitrogens with zero attached hydrogens (tertiary/aromatic N) is 4. The maximum atomic E-state index is 13.4. The van der Waals surface area contributed by atoms with Gasteiger partial charge in [0.25, 0.3) is 5.91 Å². The quantitative estimate of drug-likeness (QED) is 0.526. The van der Waals surface area contributed by atoms with Crippen molar-refractivity contribution in [1.29, 1.82) is 0 Å². The van der Waals surface area contributed by atoms with Crippen LogP contribution in [0.25, 0.3) is 22.2 Å². The van der Waals surface area contributed by atoms with E-state index >= 15 is 0 Å². The second-order valence-corrected chi connectivity index (χ2v) is 7.71. The Labute approximate surface area is 174 Å². The van der Waals surface area contributed by atoms with Gasteiger partial charge in [-0.2, -0.15) is 5.10 Å². The van der Waals surface area contributed by atoms with Gasteiger partial charge in [0, 0.05) is 37.7 Å². The largest absolute Gasteiger partial charge is 0.488 e. The summed E-state index contributed by atoms with van der Waals surface area (Å²) in [5.41, 5.74) is 4.24. The van der Waals surface area contributed by atoms with Crippen molar-refractivity contribution in [3.05, 3.63) is 78.1 Å². The molecule has 30 heavy (non-hydrogen) atoms. The highest BCUT2D eigenvalue weighted by Gasteiger charge is 2.26. The molecule has 6 nitrogen and oxygen atoms in total. The molecule has 0 bridgehead atoms. The number of pyridine rings is 1. The lowest BCUT2D eigenvalue weighted by molar-refractivity contribution is 0.0732. The molecular formula is C24H22N4O2. The van der Waals surface area contributed by atoms with Gasteiger partial charge in [0.2, 0.25) is 0 Å². The normalized spacial score (nSPS) is 15.1. The summed E-state index contributed by atoms with van der Waals surface area (Å²) < 4.78 is 7.76. The van der Waals surface area contributed by atoms with Crippen molar-refractivity contribution >= 4 is 16.8 Å². The average molecular weight is 398 g/mol. The number of amides is 1. The number of carbonyl (C=O) groups excluding carboxylic acids is 1. The molecule has 0 aliphatic carbocycles. The molecule has 6 heteroatoms. The topological polar surface area (TPSA) is 60.2 Å². The van der Waals surface area contributed by atoms with Gasteiger partial charge in [-0.3, -0.25) is 9.48 Å². The first kappa shape index (κ1) is 18.4. The minimum atomic E-state index is -0.0432. The molecule has 1 unspecified atom stereocenters. The van der Waals surface area contributed by atoms with Crippen molar-refractivity contribution in [3.63, 3.8) is 0 Å². The van der Waals surface area contributed by atoms with Crippen molar-refractivity contribution in [2.75, 3.05) is 13.6 Å². The van der Waals surface area contributed by atoms with E-state index in [1.165, 1.54) is 5.56 Å². The zero-order chi connectivity index (χ0) is 20.7. The van der Waals surface area contributed by atoms with Crippen LogP contribution in [0.4, 0.5) is 0 Å². The molecule has 1 atom stereocenters. The second-order valence-electron chi connectivity index (χ2n) is 7.71. The molecule has 1 aliphatic rings. The molecule has 2 aromatic heterocycles. The van der Waals surface area contributed by atoms with Crippen molar-refractivity contribution in [2.45, 2.75) is 12.5 Å². The number of aromatic nitrogens is 3. The van der Waals surface area contributed by atoms with E-state index in [0.717, 1.165) is 34.3 Å². The molecule has 150 valence electrons. The van der Waals surface area contributed by atoms with Crippen LogP contribution in [0.2, 0.25) is 0 Å². The molecule has 0 radical (unpaired) electrons. The summed E-state index contributed by atoms with van der Waals surface area (Å²) in [6, 6.07) is 17.7. The number of para-hydroxylation sites is 2. The Bertz CT molecular complexity index is 1220. The van der Waals surface area contributed by atoms with Gasteiger partial charge >= 0.3 is 0 Å². The molecule has 0 fully saturated rings. The van der Waals surface area contributed by atoms with Gasteiger partial charge in [-0.25, -0.2) is 4.98 Å². The fraction of sp³-hybridized carbons (Fsp3) is 0.208. The number of hydrogen-bond donors (Lipinski definition) is 0. The van der Waals surface area contributed by atoms with Gasteiger partial charge in [0.1, 0.15) is 11.9 Å². The maximum absolute atomic E-state index is 13.4. The van der Waals surface area contributed by atoms with Crippen LogP contribution in [0.15, 0.2) is 67.0 Å². The highest BCUT2D eigenvalue weighted by molar-refractivity contribution is 6.07. The number of fused-ring (bicyclic) bond motifs is 2. The first-order valence-corrected chi connectivity index (χ1v) is 9.97. The van der Waals surface area contributed by atoms with E-state index in [2.05, 4.69) is 11.2 Å². The number of ether oxygens (including phenoxy) is 1. The molecule has 1 amide bonds. The molecule has 4 aromatic rings. The van der Waals surface area contributed by atoms with E-state index in [-0.39, 0.29) is 12.0 Å². The van der Waals surface area contributed by atoms with Crippen molar-refractivity contribution in [3.8, 4) is 17.0 Å². The van der Waals surface area contributed by atoms with E-state index < -0.39 is 0 Å². The van der Waals surface area contributed by atoms with Crippen molar-refractivity contribution in [1.82, 2.24) is 19.7 Å². The van der Waals surface area contributed by atoms with Crippen molar-refractivity contribution < 1.29 is 9.53 Å². The highest BCUT2D eigenvalue weighted by Crippen LogP contribution is 2.29. The van der Waals surface area contributed by atoms with E-state index in [4.69, 9.17) is 9.72 Å². The molecule has 2 aromatic carbocycles. The van der Waals surface area contributed by atoms with Crippen LogP contribution in [0.1, 0.15) is 15.9 Å². The lowest BCUT2D eigenvalue weighted by Gasteiger charge is -2.22. The van der Waals surface area contributed by atoms with Crippen LogP contribution in [-0.2, 0) is 13.5 Å². The van der Waals surface area contributed by atoms with Crippen molar-refractivity contribution in [2.24, 2.45) is 7.05 Å². The summed E-state index contributed by atoms with van der Waals surface area (Å²) in [5, 5.41) is 5.08. The highest BCUT2D eigenvalue weighted by atomic mass is 16.5. The third-order valence-corrected chi connectivity index (χ3v) is 5.49. The number of aryl methyl sites for hydroxylation is 1. The first-order chi connectivity index (χ1) is 14.6. The molecule has 0 saturated heterocycles. The molecule has 5 rings (SSSR count). The van der Waals surface area contributed by atoms with Crippen LogP contribution < -0.4 is 4.74 Å². The van der Waals surface area contributed by atoms with Gasteiger partial charge in [-0.1, -0.05) is 36.4 Å². The van der Waals surface area contributed by atoms with Crippen LogP contribution in [0, 0.1) is 0 Å². The summed E-state index contributed by atoms with van der Waals surface area (Å²) in [7, 11) is 3.69. The zero-order valence-electron chi connectivity index (χ0n) is 16.9. The van der Waals surface area contributed by atoms with E-state index in [9.17, 15) is 4.79 Å². The summed E-state index contributed by atoms with van der Waals surface area (Å²) in [4.78, 5) is 19.9. The standard InChI is InChI=1S/C24H22N4O2/c1-27(15-18-11-16-7-3-6-10-23(16)30-18)24(29)20-12-22(17-13-25-28(2)14-17)26-21-9-5-4-8-19(20)21/h3-10,12-14,18H,11,15H2,1-2H3. The maximum Gasteiger partial charge on any atom is 0.254 e. The lowest BCUT2D eigenvalue weighted by Crippen LogP contribution is -2.36. The monoisotopic (exact) mass is 398 g/mol. The lowest BCUT2D eigenvalue weighted by atomic mass is 10.0. The van der Waals surface area contributed by atoms with Gasteiger partial charge in [0.15, 0.2) is 0 Å². The van der Waals surface area contributed by atoms with Gasteiger partial charge in [-0.15, -0.1) is 0 Å². The fourth-order valence-electron chi connectivity index (χ4n) is 4.00. The van der Waals surface area contributed by atoms with Crippen LogP contribution in [0.3, 0.4) is 0 Å². The number of benzene rings is 2. The van der Waals surface area contributed by atoms with E-state index in [1.54, 1.807) is 15.8 Å². The van der Waals surface area contributed by atoms with Gasteiger partial charge < -0.3 is 9.64 Å². The van der Waals surface area contributed by atoms with Crippen LogP contribution in [-0.4, -0.2) is 45.3 Å². The minimum Gasteiger partial charge on any atom is -0.488 e.